The number of para-hydroxylation sites is 1. The molecule has 0 unspecified atom stereocenters. The first-order chi connectivity index (χ1) is 9.66. The summed E-state index contributed by atoms with van der Waals surface area (Å²) in [6.07, 6.45) is 0.0549. The minimum absolute atomic E-state index is 0.0549. The summed E-state index contributed by atoms with van der Waals surface area (Å²) in [5.74, 6) is -0.598. The fraction of sp³-hybridized carbons (Fsp3) is 0.273. The Morgan fingerprint density at radius 1 is 1.10 bits per heavy atom. The van der Waals surface area contributed by atoms with Crippen LogP contribution in [0, 0.1) is 0 Å². The van der Waals surface area contributed by atoms with Crippen LogP contribution < -0.4 is 4.18 Å². The molecule has 0 amide bonds. The van der Waals surface area contributed by atoms with E-state index in [-0.39, 0.29) is 18.8 Å². The first kappa shape index (κ1) is 15.8. The van der Waals surface area contributed by atoms with E-state index in [4.69, 9.17) is 9.11 Å². The normalized spacial score (nSPS) is 12.7. The predicted molar refractivity (Wildman–Crippen MR) is 75.1 cm³/mol. The van der Waals surface area contributed by atoms with Crippen molar-refractivity contribution < 1.29 is 30.1 Å². The van der Waals surface area contributed by atoms with E-state index in [0.717, 1.165) is 0 Å². The van der Waals surface area contributed by atoms with Gasteiger partial charge in [0.05, 0.1) is 11.3 Å². The van der Waals surface area contributed by atoms with Gasteiger partial charge in [0.2, 0.25) is 5.88 Å². The molecule has 0 bridgehead atoms. The Labute approximate surface area is 121 Å². The highest BCUT2D eigenvalue weighted by molar-refractivity contribution is 7.85. The minimum Gasteiger partial charge on any atom is -0.343 e. The second-order valence-electron chi connectivity index (χ2n) is 4.34. The van der Waals surface area contributed by atoms with Crippen molar-refractivity contribution in [3.05, 3.63) is 30.3 Å². The molecule has 0 aliphatic heterocycles. The average molecular weight is 335 g/mol. The van der Waals surface area contributed by atoms with Gasteiger partial charge in [0.25, 0.3) is 10.1 Å². The maximum absolute atomic E-state index is 10.8. The van der Waals surface area contributed by atoms with E-state index in [1.54, 1.807) is 24.3 Å². The maximum Gasteiger partial charge on any atom is 0.447 e. The van der Waals surface area contributed by atoms with Crippen LogP contribution in [0.4, 0.5) is 0 Å². The summed E-state index contributed by atoms with van der Waals surface area (Å²) in [6.45, 7) is 0.0954. The largest absolute Gasteiger partial charge is 0.447 e. The second kappa shape index (κ2) is 5.64. The minimum atomic E-state index is -4.69. The third-order valence-corrected chi connectivity index (χ3v) is 3.93. The Morgan fingerprint density at radius 2 is 1.76 bits per heavy atom. The third kappa shape index (κ3) is 4.43. The van der Waals surface area contributed by atoms with Gasteiger partial charge in [-0.1, -0.05) is 18.2 Å². The van der Waals surface area contributed by atoms with Crippen molar-refractivity contribution in [3.63, 3.8) is 0 Å². The smallest absolute Gasteiger partial charge is 0.343 e. The molecular formula is C11H13NO7S2. The van der Waals surface area contributed by atoms with E-state index < -0.39 is 26.3 Å². The van der Waals surface area contributed by atoms with E-state index in [0.29, 0.717) is 10.9 Å². The molecule has 0 saturated heterocycles. The average Bonchev–Trinajstić information content (AvgIpc) is 2.63. The molecule has 21 heavy (non-hydrogen) atoms. The lowest BCUT2D eigenvalue weighted by Crippen LogP contribution is -2.12. The Kier molecular flexibility index (Phi) is 4.23. The van der Waals surface area contributed by atoms with Crippen LogP contribution in [0.2, 0.25) is 0 Å². The molecule has 1 aromatic carbocycles. The molecule has 2 N–H and O–H groups in total. The highest BCUT2D eigenvalue weighted by atomic mass is 32.3. The number of nitrogens with zero attached hydrogens (tertiary/aromatic N) is 1. The topological polar surface area (TPSA) is 123 Å². The fourth-order valence-electron chi connectivity index (χ4n) is 2.00. The van der Waals surface area contributed by atoms with Gasteiger partial charge in [0.15, 0.2) is 0 Å². The van der Waals surface area contributed by atoms with Crippen molar-refractivity contribution in [3.8, 4) is 5.88 Å². The number of benzene rings is 1. The molecule has 0 spiro atoms. The van der Waals surface area contributed by atoms with Crippen LogP contribution in [-0.2, 0) is 27.1 Å². The van der Waals surface area contributed by atoms with Crippen molar-refractivity contribution in [2.75, 3.05) is 5.75 Å². The van der Waals surface area contributed by atoms with E-state index in [9.17, 15) is 16.8 Å². The van der Waals surface area contributed by atoms with Gasteiger partial charge in [-0.3, -0.25) is 9.11 Å². The van der Waals surface area contributed by atoms with Crippen LogP contribution in [-0.4, -0.2) is 36.3 Å². The zero-order chi connectivity index (χ0) is 15.7. The standard InChI is InChI=1S/C11H13NO7S2/c13-20(14,15)7-3-6-12-10-5-2-1-4-9(10)8-11(12)19-21(16,17)18/h1-2,4-5,8H,3,6-7H2,(H,13,14,15)(H,16,17,18). The van der Waals surface area contributed by atoms with Gasteiger partial charge in [0, 0.05) is 18.0 Å². The van der Waals surface area contributed by atoms with E-state index in [1.807, 2.05) is 0 Å². The summed E-state index contributed by atoms with van der Waals surface area (Å²) in [5.41, 5.74) is 0.617. The van der Waals surface area contributed by atoms with Crippen LogP contribution in [0.3, 0.4) is 0 Å². The van der Waals surface area contributed by atoms with Gasteiger partial charge in [-0.15, -0.1) is 0 Å². The molecule has 2 rings (SSSR count). The number of aryl methyl sites for hydroxylation is 1. The number of hydrogen-bond acceptors (Lipinski definition) is 5. The third-order valence-electron chi connectivity index (χ3n) is 2.75. The molecule has 1 heterocycles. The summed E-state index contributed by atoms with van der Waals surface area (Å²) >= 11 is 0. The van der Waals surface area contributed by atoms with Crippen LogP contribution in [0.15, 0.2) is 30.3 Å². The van der Waals surface area contributed by atoms with Gasteiger partial charge < -0.3 is 8.75 Å². The molecule has 0 aliphatic rings. The lowest BCUT2D eigenvalue weighted by molar-refractivity contribution is 0.371. The van der Waals surface area contributed by atoms with E-state index >= 15 is 0 Å². The summed E-state index contributed by atoms with van der Waals surface area (Å²) in [5, 5.41) is 0.669. The Balaban J connectivity index is 2.36. The van der Waals surface area contributed by atoms with Crippen LogP contribution in [0.25, 0.3) is 10.9 Å². The molecule has 8 nitrogen and oxygen atoms in total. The van der Waals surface area contributed by atoms with E-state index in [2.05, 4.69) is 4.18 Å². The highest BCUT2D eigenvalue weighted by Gasteiger charge is 2.16. The van der Waals surface area contributed by atoms with Gasteiger partial charge in [-0.05, 0) is 12.5 Å². The van der Waals surface area contributed by atoms with Crippen molar-refractivity contribution in [2.24, 2.45) is 0 Å². The zero-order valence-corrected chi connectivity index (χ0v) is 12.3. The highest BCUT2D eigenvalue weighted by Crippen LogP contribution is 2.26. The van der Waals surface area contributed by atoms with Gasteiger partial charge >= 0.3 is 10.4 Å². The SMILES string of the molecule is O=S(=O)(O)CCCn1c(OS(=O)(=O)O)cc2ccccc21. The fourth-order valence-corrected chi connectivity index (χ4v) is 2.85. The van der Waals surface area contributed by atoms with Crippen molar-refractivity contribution >= 4 is 31.4 Å². The van der Waals surface area contributed by atoms with Crippen molar-refractivity contribution in [1.82, 2.24) is 4.57 Å². The van der Waals surface area contributed by atoms with E-state index in [1.165, 1.54) is 10.6 Å². The summed E-state index contributed by atoms with van der Waals surface area (Å²) in [7, 11) is -8.79. The number of hydrogen-bond donors (Lipinski definition) is 2. The second-order valence-corrected chi connectivity index (χ2v) is 6.94. The molecule has 0 atom stereocenters. The van der Waals surface area contributed by atoms with Crippen LogP contribution in [0.1, 0.15) is 6.42 Å². The van der Waals surface area contributed by atoms with Crippen molar-refractivity contribution in [1.29, 1.82) is 0 Å². The first-order valence-electron chi connectivity index (χ1n) is 5.86. The van der Waals surface area contributed by atoms with Crippen LogP contribution >= 0.6 is 0 Å². The number of rotatable bonds is 6. The molecule has 0 saturated carbocycles. The quantitative estimate of drug-likeness (QED) is 0.758. The number of aromatic nitrogens is 1. The molecule has 2 aromatic rings. The molecule has 116 valence electrons. The van der Waals surface area contributed by atoms with Crippen molar-refractivity contribution in [2.45, 2.75) is 13.0 Å². The van der Waals surface area contributed by atoms with Gasteiger partial charge in [0.1, 0.15) is 0 Å². The summed E-state index contributed by atoms with van der Waals surface area (Å²) < 4.78 is 66.5. The Morgan fingerprint density at radius 3 is 2.38 bits per heavy atom. The lowest BCUT2D eigenvalue weighted by Gasteiger charge is -2.09. The van der Waals surface area contributed by atoms with Gasteiger partial charge in [-0.25, -0.2) is 0 Å². The monoisotopic (exact) mass is 335 g/mol. The summed E-state index contributed by atoms with van der Waals surface area (Å²) in [4.78, 5) is 0. The predicted octanol–water partition coefficient (Wildman–Crippen LogP) is 1.10. The molecule has 0 radical (unpaired) electrons. The molecule has 10 heteroatoms. The molecule has 0 aliphatic carbocycles. The Hall–Kier alpha value is -1.62. The molecule has 0 fully saturated rings. The molecule has 1 aromatic heterocycles. The maximum atomic E-state index is 10.8. The first-order valence-corrected chi connectivity index (χ1v) is 8.83. The lowest BCUT2D eigenvalue weighted by atomic mass is 10.2. The number of fused-ring (bicyclic) bond motifs is 1. The summed E-state index contributed by atoms with van der Waals surface area (Å²) in [6, 6.07) is 8.28. The Bertz CT molecular complexity index is 852. The van der Waals surface area contributed by atoms with Gasteiger partial charge in [-0.2, -0.15) is 16.8 Å². The zero-order valence-electron chi connectivity index (χ0n) is 10.7. The molecular weight excluding hydrogens is 322 g/mol. The van der Waals surface area contributed by atoms with Crippen LogP contribution in [0.5, 0.6) is 5.88 Å².